The number of rotatable bonds is 1. The zero-order valence-electron chi connectivity index (χ0n) is 8.40. The highest BCUT2D eigenvalue weighted by Gasteiger charge is 2.12. The van der Waals surface area contributed by atoms with E-state index in [2.05, 4.69) is 0 Å². The Kier molecular flexibility index (Phi) is 2.11. The van der Waals surface area contributed by atoms with Gasteiger partial charge in [0.2, 0.25) is 0 Å². The molecule has 1 heterocycles. The van der Waals surface area contributed by atoms with Crippen LogP contribution in [0.2, 0.25) is 0 Å². The molecule has 0 aliphatic heterocycles. The molecule has 0 atom stereocenters. The van der Waals surface area contributed by atoms with Crippen molar-refractivity contribution in [1.29, 1.82) is 0 Å². The molecule has 1 aromatic carbocycles. The van der Waals surface area contributed by atoms with Crippen molar-refractivity contribution >= 4 is 16.9 Å². The zero-order valence-corrected chi connectivity index (χ0v) is 8.40. The van der Waals surface area contributed by atoms with Crippen LogP contribution in [0.15, 0.2) is 22.8 Å². The number of carbonyl (C=O) groups excluding carboxylic acids is 1. The Morgan fingerprint density at radius 1 is 1.47 bits per heavy atom. The highest BCUT2D eigenvalue weighted by molar-refractivity contribution is 5.89. The Balaban J connectivity index is 2.61. The summed E-state index contributed by atoms with van der Waals surface area (Å²) in [6.45, 7) is 3.06. The number of aromatic hydroxyl groups is 1. The summed E-state index contributed by atoms with van der Waals surface area (Å²) in [7, 11) is 0. The molecule has 0 aliphatic carbocycles. The van der Waals surface area contributed by atoms with Crippen molar-refractivity contribution in [2.75, 3.05) is 0 Å². The molecule has 15 heavy (non-hydrogen) atoms. The first-order valence-electron chi connectivity index (χ1n) is 4.48. The average molecular weight is 206 g/mol. The molecule has 0 radical (unpaired) electrons. The van der Waals surface area contributed by atoms with Crippen LogP contribution >= 0.6 is 0 Å². The van der Waals surface area contributed by atoms with Gasteiger partial charge in [0, 0.05) is 12.5 Å². The SMILES string of the molecule is CC(=O)Oc1coc2c(C)c(O)ccc12. The third-order valence-electron chi connectivity index (χ3n) is 2.18. The molecule has 0 amide bonds. The van der Waals surface area contributed by atoms with Gasteiger partial charge in [-0.05, 0) is 19.1 Å². The van der Waals surface area contributed by atoms with Crippen LogP contribution in [0.25, 0.3) is 11.0 Å². The lowest BCUT2D eigenvalue weighted by atomic mass is 10.1. The first-order valence-corrected chi connectivity index (χ1v) is 4.48. The number of ether oxygens (including phenoxy) is 1. The number of aryl methyl sites for hydroxylation is 1. The minimum Gasteiger partial charge on any atom is -0.508 e. The van der Waals surface area contributed by atoms with Gasteiger partial charge in [-0.3, -0.25) is 4.79 Å². The minimum atomic E-state index is -0.400. The van der Waals surface area contributed by atoms with Crippen LogP contribution in [0.3, 0.4) is 0 Å². The van der Waals surface area contributed by atoms with Crippen LogP contribution < -0.4 is 4.74 Å². The molecule has 78 valence electrons. The molecule has 2 aromatic rings. The fraction of sp³-hybridized carbons (Fsp3) is 0.182. The number of esters is 1. The van der Waals surface area contributed by atoms with E-state index in [1.54, 1.807) is 19.1 Å². The van der Waals surface area contributed by atoms with Gasteiger partial charge in [0.05, 0.1) is 5.39 Å². The molecule has 4 heteroatoms. The van der Waals surface area contributed by atoms with Crippen molar-refractivity contribution in [2.45, 2.75) is 13.8 Å². The number of phenolic OH excluding ortho intramolecular Hbond substituents is 1. The maximum absolute atomic E-state index is 10.8. The summed E-state index contributed by atoms with van der Waals surface area (Å²) in [5.74, 6) is 0.134. The Bertz CT molecular complexity index is 525. The molecular formula is C11H10O4. The lowest BCUT2D eigenvalue weighted by Gasteiger charge is -1.99. The Morgan fingerprint density at radius 2 is 2.20 bits per heavy atom. The van der Waals surface area contributed by atoms with Gasteiger partial charge in [0.1, 0.15) is 17.6 Å². The number of hydrogen-bond acceptors (Lipinski definition) is 4. The highest BCUT2D eigenvalue weighted by Crippen LogP contribution is 2.34. The fourth-order valence-electron chi connectivity index (χ4n) is 1.44. The third kappa shape index (κ3) is 1.54. The standard InChI is InChI=1S/C11H10O4/c1-6-9(13)4-3-8-10(15-7(2)12)5-14-11(6)8/h3-5,13H,1-2H3. The lowest BCUT2D eigenvalue weighted by molar-refractivity contribution is -0.131. The van der Waals surface area contributed by atoms with E-state index in [9.17, 15) is 9.90 Å². The van der Waals surface area contributed by atoms with Crippen LogP contribution in [-0.4, -0.2) is 11.1 Å². The maximum atomic E-state index is 10.8. The summed E-state index contributed by atoms with van der Waals surface area (Å²) in [5.41, 5.74) is 1.16. The number of benzene rings is 1. The van der Waals surface area contributed by atoms with Crippen molar-refractivity contribution in [3.8, 4) is 11.5 Å². The van der Waals surface area contributed by atoms with E-state index >= 15 is 0 Å². The number of fused-ring (bicyclic) bond motifs is 1. The predicted octanol–water partition coefficient (Wildman–Crippen LogP) is 2.37. The molecule has 0 saturated carbocycles. The van der Waals surface area contributed by atoms with Gasteiger partial charge in [0.25, 0.3) is 0 Å². The predicted molar refractivity (Wildman–Crippen MR) is 53.9 cm³/mol. The molecule has 0 unspecified atom stereocenters. The van der Waals surface area contributed by atoms with E-state index < -0.39 is 5.97 Å². The smallest absolute Gasteiger partial charge is 0.308 e. The molecule has 4 nitrogen and oxygen atoms in total. The van der Waals surface area contributed by atoms with Gasteiger partial charge >= 0.3 is 5.97 Å². The van der Waals surface area contributed by atoms with Gasteiger partial charge < -0.3 is 14.3 Å². The molecule has 0 saturated heterocycles. The van der Waals surface area contributed by atoms with Crippen LogP contribution in [0, 0.1) is 6.92 Å². The van der Waals surface area contributed by atoms with E-state index in [1.807, 2.05) is 0 Å². The summed E-state index contributed by atoms with van der Waals surface area (Å²) >= 11 is 0. The van der Waals surface area contributed by atoms with Gasteiger partial charge in [-0.1, -0.05) is 0 Å². The summed E-state index contributed by atoms with van der Waals surface area (Å²) in [5, 5.41) is 10.1. The monoisotopic (exact) mass is 206 g/mol. The fourth-order valence-corrected chi connectivity index (χ4v) is 1.44. The van der Waals surface area contributed by atoms with Gasteiger partial charge in [-0.2, -0.15) is 0 Å². The molecule has 1 N–H and O–H groups in total. The average Bonchev–Trinajstić information content (AvgIpc) is 2.55. The van der Waals surface area contributed by atoms with E-state index in [4.69, 9.17) is 9.15 Å². The lowest BCUT2D eigenvalue weighted by Crippen LogP contribution is -2.00. The second kappa shape index (κ2) is 3.31. The topological polar surface area (TPSA) is 59.7 Å². The zero-order chi connectivity index (χ0) is 11.0. The van der Waals surface area contributed by atoms with E-state index in [-0.39, 0.29) is 5.75 Å². The highest BCUT2D eigenvalue weighted by atomic mass is 16.5. The summed E-state index contributed by atoms with van der Waals surface area (Å²) < 4.78 is 10.2. The second-order valence-corrected chi connectivity index (χ2v) is 3.28. The second-order valence-electron chi connectivity index (χ2n) is 3.28. The maximum Gasteiger partial charge on any atom is 0.308 e. The quantitative estimate of drug-likeness (QED) is 0.727. The molecule has 1 aromatic heterocycles. The normalized spacial score (nSPS) is 10.5. The summed E-state index contributed by atoms with van der Waals surface area (Å²) in [6.07, 6.45) is 1.36. The van der Waals surface area contributed by atoms with E-state index in [1.165, 1.54) is 13.2 Å². The first kappa shape index (κ1) is 9.58. The van der Waals surface area contributed by atoms with Crippen molar-refractivity contribution < 1.29 is 19.1 Å². The number of hydrogen-bond donors (Lipinski definition) is 1. The van der Waals surface area contributed by atoms with Crippen molar-refractivity contribution in [1.82, 2.24) is 0 Å². The summed E-state index contributed by atoms with van der Waals surface area (Å²) in [4.78, 5) is 10.8. The molecular weight excluding hydrogens is 196 g/mol. The van der Waals surface area contributed by atoms with Gasteiger partial charge in [0.15, 0.2) is 5.75 Å². The summed E-state index contributed by atoms with van der Waals surface area (Å²) in [6, 6.07) is 3.19. The molecule has 0 spiro atoms. The Labute approximate surface area is 86.1 Å². The van der Waals surface area contributed by atoms with E-state index in [0.717, 1.165) is 0 Å². The molecule has 0 fully saturated rings. The van der Waals surface area contributed by atoms with Crippen LogP contribution in [0.1, 0.15) is 12.5 Å². The molecule has 0 bridgehead atoms. The minimum absolute atomic E-state index is 0.159. The molecule has 2 rings (SSSR count). The largest absolute Gasteiger partial charge is 0.508 e. The van der Waals surface area contributed by atoms with Crippen LogP contribution in [0.5, 0.6) is 11.5 Å². The molecule has 0 aliphatic rings. The Hall–Kier alpha value is -1.97. The van der Waals surface area contributed by atoms with Crippen molar-refractivity contribution in [3.05, 3.63) is 24.0 Å². The van der Waals surface area contributed by atoms with Crippen LogP contribution in [0.4, 0.5) is 0 Å². The van der Waals surface area contributed by atoms with Gasteiger partial charge in [-0.25, -0.2) is 0 Å². The van der Waals surface area contributed by atoms with Crippen LogP contribution in [-0.2, 0) is 4.79 Å². The Morgan fingerprint density at radius 3 is 2.87 bits per heavy atom. The van der Waals surface area contributed by atoms with Crippen molar-refractivity contribution in [2.24, 2.45) is 0 Å². The third-order valence-corrected chi connectivity index (χ3v) is 2.18. The van der Waals surface area contributed by atoms with E-state index in [0.29, 0.717) is 22.3 Å². The first-order chi connectivity index (χ1) is 7.09. The van der Waals surface area contributed by atoms with Gasteiger partial charge in [-0.15, -0.1) is 0 Å². The number of phenols is 1. The number of carbonyl (C=O) groups is 1. The van der Waals surface area contributed by atoms with Crippen molar-refractivity contribution in [3.63, 3.8) is 0 Å². The number of furan rings is 1.